The van der Waals surface area contributed by atoms with Gasteiger partial charge in [-0.2, -0.15) is 0 Å². The highest BCUT2D eigenvalue weighted by Gasteiger charge is 2.18. The maximum absolute atomic E-state index is 12.8. The Labute approximate surface area is 86.9 Å². The van der Waals surface area contributed by atoms with Crippen molar-refractivity contribution >= 4 is 5.97 Å². The van der Waals surface area contributed by atoms with E-state index in [1.165, 1.54) is 0 Å². The first kappa shape index (κ1) is 11.6. The molecular formula is C11H12F2O2. The lowest BCUT2D eigenvalue weighted by atomic mass is 10.1. The highest BCUT2D eigenvalue weighted by atomic mass is 19.1. The number of halogens is 2. The predicted octanol–water partition coefficient (Wildman–Crippen LogP) is 2.92. The summed E-state index contributed by atoms with van der Waals surface area (Å²) in [6, 6.07) is 2.59. The van der Waals surface area contributed by atoms with Crippen molar-refractivity contribution in [1.29, 1.82) is 0 Å². The lowest BCUT2D eigenvalue weighted by molar-refractivity contribution is 0.00684. The third kappa shape index (κ3) is 3.65. The van der Waals surface area contributed by atoms with Gasteiger partial charge in [-0.25, -0.2) is 13.6 Å². The number of carbonyl (C=O) groups excluding carboxylic acids is 1. The zero-order valence-corrected chi connectivity index (χ0v) is 8.80. The lowest BCUT2D eigenvalue weighted by Gasteiger charge is -2.19. The molecule has 0 amide bonds. The molecule has 0 fully saturated rings. The Balaban J connectivity index is 2.92. The van der Waals surface area contributed by atoms with Crippen molar-refractivity contribution in [2.45, 2.75) is 26.4 Å². The van der Waals surface area contributed by atoms with Crippen LogP contribution in [0.25, 0.3) is 0 Å². The first-order valence-electron chi connectivity index (χ1n) is 4.47. The van der Waals surface area contributed by atoms with Gasteiger partial charge in [0.05, 0.1) is 5.56 Å². The van der Waals surface area contributed by atoms with Crippen molar-refractivity contribution in [3.8, 4) is 0 Å². The Morgan fingerprint density at radius 3 is 2.00 bits per heavy atom. The first-order chi connectivity index (χ1) is 6.78. The smallest absolute Gasteiger partial charge is 0.338 e. The van der Waals surface area contributed by atoms with E-state index in [2.05, 4.69) is 0 Å². The summed E-state index contributed by atoms with van der Waals surface area (Å²) in [5.74, 6) is -2.33. The van der Waals surface area contributed by atoms with E-state index in [9.17, 15) is 13.6 Å². The fourth-order valence-corrected chi connectivity index (χ4v) is 1.01. The van der Waals surface area contributed by atoms with Crippen LogP contribution in [-0.4, -0.2) is 11.6 Å². The van der Waals surface area contributed by atoms with Crippen LogP contribution in [0, 0.1) is 11.6 Å². The maximum atomic E-state index is 12.8. The molecule has 0 bridgehead atoms. The van der Waals surface area contributed by atoms with Gasteiger partial charge in [-0.05, 0) is 32.9 Å². The summed E-state index contributed by atoms with van der Waals surface area (Å²) in [5.41, 5.74) is -0.803. The van der Waals surface area contributed by atoms with Crippen LogP contribution in [0.1, 0.15) is 31.1 Å². The minimum atomic E-state index is -0.796. The van der Waals surface area contributed by atoms with Gasteiger partial charge >= 0.3 is 5.97 Å². The molecule has 0 aliphatic heterocycles. The van der Waals surface area contributed by atoms with Crippen LogP contribution >= 0.6 is 0 Å². The zero-order chi connectivity index (χ0) is 11.6. The van der Waals surface area contributed by atoms with Crippen LogP contribution in [0.4, 0.5) is 8.78 Å². The van der Waals surface area contributed by atoms with Gasteiger partial charge in [0.2, 0.25) is 0 Å². The molecule has 0 heterocycles. The van der Waals surface area contributed by atoms with Crippen molar-refractivity contribution in [2.75, 3.05) is 0 Å². The second-order valence-electron chi connectivity index (χ2n) is 4.16. The van der Waals surface area contributed by atoms with Gasteiger partial charge in [0.25, 0.3) is 0 Å². The molecular weight excluding hydrogens is 202 g/mol. The molecule has 1 aromatic rings. The third-order valence-electron chi connectivity index (χ3n) is 1.50. The van der Waals surface area contributed by atoms with Crippen LogP contribution in [0.15, 0.2) is 18.2 Å². The van der Waals surface area contributed by atoms with Gasteiger partial charge in [0.1, 0.15) is 17.2 Å². The molecule has 0 saturated carbocycles. The second-order valence-corrected chi connectivity index (χ2v) is 4.16. The third-order valence-corrected chi connectivity index (χ3v) is 1.50. The van der Waals surface area contributed by atoms with Crippen molar-refractivity contribution < 1.29 is 18.3 Å². The molecule has 1 aromatic carbocycles. The number of benzene rings is 1. The van der Waals surface area contributed by atoms with Crippen molar-refractivity contribution in [3.63, 3.8) is 0 Å². The van der Waals surface area contributed by atoms with E-state index in [0.29, 0.717) is 6.07 Å². The molecule has 0 aliphatic rings. The number of rotatable bonds is 1. The van der Waals surface area contributed by atoms with Gasteiger partial charge < -0.3 is 4.74 Å². The van der Waals surface area contributed by atoms with E-state index in [0.717, 1.165) is 12.1 Å². The Bertz CT molecular complexity index is 360. The number of hydrogen-bond donors (Lipinski definition) is 0. The largest absolute Gasteiger partial charge is 0.456 e. The van der Waals surface area contributed by atoms with E-state index in [1.807, 2.05) is 0 Å². The van der Waals surface area contributed by atoms with E-state index < -0.39 is 23.2 Å². The standard InChI is InChI=1S/C11H12F2O2/c1-11(2,3)15-10(14)7-4-8(12)6-9(13)5-7/h4-6H,1-3H3. The molecule has 0 saturated heterocycles. The first-order valence-corrected chi connectivity index (χ1v) is 4.47. The number of ether oxygens (including phenoxy) is 1. The second kappa shape index (κ2) is 3.96. The van der Waals surface area contributed by atoms with Gasteiger partial charge in [0.15, 0.2) is 0 Å². The Morgan fingerprint density at radius 1 is 1.13 bits per heavy atom. The minimum absolute atomic E-state index is 0.123. The molecule has 0 N–H and O–H groups in total. The number of esters is 1. The Morgan fingerprint density at radius 2 is 1.60 bits per heavy atom. The van der Waals surface area contributed by atoms with E-state index >= 15 is 0 Å². The topological polar surface area (TPSA) is 26.3 Å². The predicted molar refractivity (Wildman–Crippen MR) is 51.5 cm³/mol. The van der Waals surface area contributed by atoms with Gasteiger partial charge in [-0.3, -0.25) is 0 Å². The number of hydrogen-bond acceptors (Lipinski definition) is 2. The maximum Gasteiger partial charge on any atom is 0.338 e. The van der Waals surface area contributed by atoms with E-state index in [-0.39, 0.29) is 5.56 Å². The SMILES string of the molecule is CC(C)(C)OC(=O)c1cc(F)cc(F)c1. The Hall–Kier alpha value is -1.45. The van der Waals surface area contributed by atoms with Crippen LogP contribution in [0.3, 0.4) is 0 Å². The normalized spacial score (nSPS) is 11.3. The summed E-state index contributed by atoms with van der Waals surface area (Å²) in [6.45, 7) is 5.04. The summed E-state index contributed by atoms with van der Waals surface area (Å²) in [4.78, 5) is 11.4. The average Bonchev–Trinajstić information content (AvgIpc) is 1.98. The summed E-state index contributed by atoms with van der Waals surface area (Å²) in [5, 5.41) is 0. The Kier molecular flexibility index (Phi) is 3.07. The minimum Gasteiger partial charge on any atom is -0.456 e. The molecule has 0 atom stereocenters. The average molecular weight is 214 g/mol. The van der Waals surface area contributed by atoms with Gasteiger partial charge in [0, 0.05) is 6.07 Å². The quantitative estimate of drug-likeness (QED) is 0.672. The fourth-order valence-electron chi connectivity index (χ4n) is 1.01. The fraction of sp³-hybridized carbons (Fsp3) is 0.364. The van der Waals surface area contributed by atoms with E-state index in [1.54, 1.807) is 20.8 Å². The lowest BCUT2D eigenvalue weighted by Crippen LogP contribution is -2.24. The molecule has 0 spiro atoms. The summed E-state index contributed by atoms with van der Waals surface area (Å²) in [6.07, 6.45) is 0. The molecule has 15 heavy (non-hydrogen) atoms. The van der Waals surface area contributed by atoms with Crippen molar-refractivity contribution in [3.05, 3.63) is 35.4 Å². The van der Waals surface area contributed by atoms with E-state index in [4.69, 9.17) is 4.74 Å². The summed E-state index contributed by atoms with van der Waals surface area (Å²) >= 11 is 0. The molecule has 0 unspecified atom stereocenters. The van der Waals surface area contributed by atoms with Crippen LogP contribution in [-0.2, 0) is 4.74 Å². The van der Waals surface area contributed by atoms with Gasteiger partial charge in [-0.1, -0.05) is 0 Å². The molecule has 0 aromatic heterocycles. The van der Waals surface area contributed by atoms with Crippen molar-refractivity contribution in [1.82, 2.24) is 0 Å². The monoisotopic (exact) mass is 214 g/mol. The van der Waals surface area contributed by atoms with Crippen LogP contribution in [0.2, 0.25) is 0 Å². The highest BCUT2D eigenvalue weighted by Crippen LogP contribution is 2.14. The molecule has 82 valence electrons. The molecule has 0 aliphatic carbocycles. The molecule has 0 radical (unpaired) electrons. The summed E-state index contributed by atoms with van der Waals surface area (Å²) < 4.78 is 30.5. The van der Waals surface area contributed by atoms with Gasteiger partial charge in [-0.15, -0.1) is 0 Å². The molecule has 4 heteroatoms. The van der Waals surface area contributed by atoms with Crippen LogP contribution < -0.4 is 0 Å². The number of carbonyl (C=O) groups is 1. The zero-order valence-electron chi connectivity index (χ0n) is 8.80. The summed E-state index contributed by atoms with van der Waals surface area (Å²) in [7, 11) is 0. The van der Waals surface area contributed by atoms with Crippen molar-refractivity contribution in [2.24, 2.45) is 0 Å². The molecule has 2 nitrogen and oxygen atoms in total. The highest BCUT2D eigenvalue weighted by molar-refractivity contribution is 5.89. The molecule has 1 rings (SSSR count). The van der Waals surface area contributed by atoms with Crippen LogP contribution in [0.5, 0.6) is 0 Å².